The van der Waals surface area contributed by atoms with Gasteiger partial charge in [0, 0.05) is 11.8 Å². The van der Waals surface area contributed by atoms with Crippen LogP contribution in [0, 0.1) is 0 Å². The summed E-state index contributed by atoms with van der Waals surface area (Å²) in [6.07, 6.45) is -1.02. The average Bonchev–Trinajstić information content (AvgIpc) is 3.08. The van der Waals surface area contributed by atoms with Crippen molar-refractivity contribution in [3.63, 3.8) is 0 Å². The van der Waals surface area contributed by atoms with E-state index in [-0.39, 0.29) is 60.6 Å². The zero-order chi connectivity index (χ0) is 33.1. The maximum Gasteiger partial charge on any atom is 0.306 e. The fourth-order valence-corrected chi connectivity index (χ4v) is 5.62. The van der Waals surface area contributed by atoms with Gasteiger partial charge >= 0.3 is 11.9 Å². The molecular formula is C32H32O14. The van der Waals surface area contributed by atoms with Gasteiger partial charge in [-0.25, -0.2) is 0 Å². The van der Waals surface area contributed by atoms with Gasteiger partial charge in [-0.1, -0.05) is 0 Å². The summed E-state index contributed by atoms with van der Waals surface area (Å²) in [6, 6.07) is 5.91. The van der Waals surface area contributed by atoms with Crippen molar-refractivity contribution in [3.05, 3.63) is 58.1 Å². The van der Waals surface area contributed by atoms with Crippen LogP contribution in [0.15, 0.2) is 46.9 Å². The number of rotatable bonds is 10. The molecule has 244 valence electrons. The van der Waals surface area contributed by atoms with Crippen LogP contribution in [0.2, 0.25) is 0 Å². The molecule has 0 radical (unpaired) electrons. The van der Waals surface area contributed by atoms with Gasteiger partial charge in [0.15, 0.2) is 34.5 Å². The number of hydrogen-bond acceptors (Lipinski definition) is 14. The molecule has 14 nitrogen and oxygen atoms in total. The van der Waals surface area contributed by atoms with Gasteiger partial charge in [-0.3, -0.25) is 19.2 Å². The number of aliphatic hydroxyl groups excluding tert-OH is 2. The zero-order valence-electron chi connectivity index (χ0n) is 25.5. The third-order valence-electron chi connectivity index (χ3n) is 7.83. The first-order valence-corrected chi connectivity index (χ1v) is 14.2. The minimum Gasteiger partial charge on any atom is -0.504 e. The normalized spacial score (nSPS) is 16.9. The van der Waals surface area contributed by atoms with Crippen molar-refractivity contribution in [2.45, 2.75) is 24.7 Å². The van der Waals surface area contributed by atoms with E-state index < -0.39 is 70.8 Å². The Bertz CT molecular complexity index is 1500. The molecule has 0 saturated carbocycles. The summed E-state index contributed by atoms with van der Waals surface area (Å²) in [5.41, 5.74) is -0.667. The lowest BCUT2D eigenvalue weighted by Gasteiger charge is -2.29. The first kappa shape index (κ1) is 32.0. The fourth-order valence-electron chi connectivity index (χ4n) is 5.62. The van der Waals surface area contributed by atoms with Gasteiger partial charge in [0.25, 0.3) is 0 Å². The lowest BCUT2D eigenvalue weighted by molar-refractivity contribution is -0.142. The number of fused-ring (bicyclic) bond motifs is 2. The molecule has 0 unspecified atom stereocenters. The van der Waals surface area contributed by atoms with Crippen LogP contribution in [0.1, 0.15) is 35.8 Å². The number of esters is 2. The number of ketones is 2. The molecule has 14 heteroatoms. The number of aliphatic hydroxyl groups is 2. The van der Waals surface area contributed by atoms with E-state index in [9.17, 15) is 29.4 Å². The second-order valence-corrected chi connectivity index (χ2v) is 10.3. The maximum absolute atomic E-state index is 14.0. The Morgan fingerprint density at radius 1 is 0.652 bits per heavy atom. The fraction of sp³-hybridized carbons (Fsp3) is 0.375. The standard InChI is InChI=1S/C32H32O14/c1-39-19-9-15(11-21-31(19)45-7-5-43-21)17(13-23(33)41-3)25-27(35)29(37)26(30(38)28(25)36)18(14-24(34)42-4)16-10-20(40-2)32-22(12-16)44-6-8-46-32/h9-12,17-18,35,38H,5-8,13-14H2,1-4H3/t17-,18-/m0/s1. The van der Waals surface area contributed by atoms with Crippen LogP contribution < -0.4 is 28.4 Å². The molecule has 0 saturated heterocycles. The minimum absolute atomic E-state index is 0.211. The van der Waals surface area contributed by atoms with E-state index in [0.717, 1.165) is 14.2 Å². The van der Waals surface area contributed by atoms with Crippen molar-refractivity contribution in [1.29, 1.82) is 0 Å². The Morgan fingerprint density at radius 3 is 1.37 bits per heavy atom. The summed E-state index contributed by atoms with van der Waals surface area (Å²) < 4.78 is 43.2. The predicted molar refractivity (Wildman–Crippen MR) is 156 cm³/mol. The molecule has 5 rings (SSSR count). The second kappa shape index (κ2) is 13.3. The number of benzene rings is 2. The van der Waals surface area contributed by atoms with Gasteiger partial charge in [0.2, 0.25) is 23.1 Å². The van der Waals surface area contributed by atoms with Crippen LogP contribution in [0.5, 0.6) is 34.5 Å². The number of hydrogen-bond donors (Lipinski definition) is 2. The molecular weight excluding hydrogens is 608 g/mol. The Labute approximate surface area is 263 Å². The van der Waals surface area contributed by atoms with Crippen molar-refractivity contribution in [2.75, 3.05) is 54.9 Å². The van der Waals surface area contributed by atoms with Crippen LogP contribution in [0.3, 0.4) is 0 Å². The number of ether oxygens (including phenoxy) is 8. The van der Waals surface area contributed by atoms with Crippen molar-refractivity contribution in [1.82, 2.24) is 0 Å². The molecule has 2 atom stereocenters. The second-order valence-electron chi connectivity index (χ2n) is 10.3. The molecule has 2 aliphatic heterocycles. The maximum atomic E-state index is 14.0. The van der Waals surface area contributed by atoms with Crippen molar-refractivity contribution >= 4 is 23.5 Å². The SMILES string of the molecule is COC(=O)C[C@H](C1=C(O)C(=O)C([C@@H](CC(=O)OC)c2cc(OC)c3c(c2)OCCO3)=C(O)C1=O)c1cc(OC)c2c(c1)OCCO2. The molecule has 0 aromatic heterocycles. The molecule has 0 bridgehead atoms. The number of carbonyl (C=O) groups is 4. The summed E-state index contributed by atoms with van der Waals surface area (Å²) in [5, 5.41) is 22.8. The number of allylic oxidation sites excluding steroid dienone is 2. The van der Waals surface area contributed by atoms with E-state index in [2.05, 4.69) is 0 Å². The van der Waals surface area contributed by atoms with E-state index in [0.29, 0.717) is 11.5 Å². The molecule has 2 heterocycles. The first-order chi connectivity index (χ1) is 22.1. The van der Waals surface area contributed by atoms with Crippen LogP contribution in [-0.4, -0.2) is 88.6 Å². The Balaban J connectivity index is 1.64. The number of carbonyl (C=O) groups excluding carboxylic acids is 4. The van der Waals surface area contributed by atoms with E-state index in [1.165, 1.54) is 38.5 Å². The summed E-state index contributed by atoms with van der Waals surface area (Å²) in [4.78, 5) is 53.1. The molecule has 2 N–H and O–H groups in total. The van der Waals surface area contributed by atoms with Gasteiger partial charge in [-0.2, -0.15) is 0 Å². The largest absolute Gasteiger partial charge is 0.504 e. The topological polar surface area (TPSA) is 183 Å². The summed E-state index contributed by atoms with van der Waals surface area (Å²) in [6.45, 7) is 0.949. The van der Waals surface area contributed by atoms with Crippen molar-refractivity contribution in [3.8, 4) is 34.5 Å². The van der Waals surface area contributed by atoms with Crippen molar-refractivity contribution < 1.29 is 67.3 Å². The smallest absolute Gasteiger partial charge is 0.306 e. The number of methoxy groups -OCH3 is 4. The predicted octanol–water partition coefficient (Wildman–Crippen LogP) is 3.02. The van der Waals surface area contributed by atoms with E-state index >= 15 is 0 Å². The first-order valence-electron chi connectivity index (χ1n) is 14.2. The summed E-state index contributed by atoms with van der Waals surface area (Å²) in [5.74, 6) is -6.99. The van der Waals surface area contributed by atoms with Gasteiger partial charge in [0.05, 0.1) is 52.4 Å². The lowest BCUT2D eigenvalue weighted by atomic mass is 9.75. The molecule has 0 spiro atoms. The monoisotopic (exact) mass is 640 g/mol. The van der Waals surface area contributed by atoms with Gasteiger partial charge in [-0.05, 0) is 35.4 Å². The van der Waals surface area contributed by atoms with Gasteiger partial charge in [-0.15, -0.1) is 0 Å². The van der Waals surface area contributed by atoms with E-state index in [4.69, 9.17) is 37.9 Å². The van der Waals surface area contributed by atoms with Gasteiger partial charge < -0.3 is 48.1 Å². The highest BCUT2D eigenvalue weighted by molar-refractivity contribution is 6.24. The number of Topliss-reactive ketones (excluding diaryl/α,β-unsaturated/α-hetero) is 2. The van der Waals surface area contributed by atoms with Crippen LogP contribution >= 0.6 is 0 Å². The molecule has 0 fully saturated rings. The van der Waals surface area contributed by atoms with Crippen LogP contribution in [0.25, 0.3) is 0 Å². The quantitative estimate of drug-likeness (QED) is 0.285. The average molecular weight is 641 g/mol. The third-order valence-corrected chi connectivity index (χ3v) is 7.83. The van der Waals surface area contributed by atoms with Gasteiger partial charge in [0.1, 0.15) is 26.4 Å². The Morgan fingerprint density at radius 2 is 1.02 bits per heavy atom. The Kier molecular flexibility index (Phi) is 9.26. The summed E-state index contributed by atoms with van der Waals surface area (Å²) >= 11 is 0. The molecule has 46 heavy (non-hydrogen) atoms. The van der Waals surface area contributed by atoms with Crippen LogP contribution in [0.4, 0.5) is 0 Å². The lowest BCUT2D eigenvalue weighted by Crippen LogP contribution is -2.31. The third kappa shape index (κ3) is 5.85. The summed E-state index contributed by atoms with van der Waals surface area (Å²) in [7, 11) is 5.04. The molecule has 2 aromatic rings. The van der Waals surface area contributed by atoms with Crippen LogP contribution in [-0.2, 0) is 28.7 Å². The molecule has 0 amide bonds. The minimum atomic E-state index is -1.30. The van der Waals surface area contributed by atoms with E-state index in [1.807, 2.05) is 0 Å². The molecule has 1 aliphatic carbocycles. The van der Waals surface area contributed by atoms with E-state index in [1.54, 1.807) is 0 Å². The highest BCUT2D eigenvalue weighted by Crippen LogP contribution is 2.48. The molecule has 2 aromatic carbocycles. The zero-order valence-corrected chi connectivity index (χ0v) is 25.5. The molecule has 3 aliphatic rings. The highest BCUT2D eigenvalue weighted by atomic mass is 16.6. The highest BCUT2D eigenvalue weighted by Gasteiger charge is 2.44. The van der Waals surface area contributed by atoms with Crippen molar-refractivity contribution in [2.24, 2.45) is 0 Å². The Hall–Kier alpha value is -5.40.